The average Bonchev–Trinajstić information content (AvgIpc) is 2.93. The second kappa shape index (κ2) is 3.92. The molecule has 0 aliphatic rings. The van der Waals surface area contributed by atoms with Crippen LogP contribution in [-0.4, -0.2) is 26.0 Å². The number of rotatable bonds is 2. The quantitative estimate of drug-likeness (QED) is 0.741. The number of benzene rings is 1. The molecule has 2 N–H and O–H groups in total. The van der Waals surface area contributed by atoms with Gasteiger partial charge in [-0.1, -0.05) is 0 Å². The Morgan fingerprint density at radius 3 is 2.94 bits per heavy atom. The highest BCUT2D eigenvalue weighted by molar-refractivity contribution is 7.13. The number of carboxylic acids is 1. The summed E-state index contributed by atoms with van der Waals surface area (Å²) in [5.74, 6) is -0.271. The third-order valence-corrected chi connectivity index (χ3v) is 3.47. The zero-order valence-corrected chi connectivity index (χ0v) is 10.3. The van der Waals surface area contributed by atoms with Gasteiger partial charge in [0.05, 0.1) is 21.5 Å². The van der Waals surface area contributed by atoms with E-state index in [0.717, 1.165) is 16.0 Å². The lowest BCUT2D eigenvalue weighted by Crippen LogP contribution is -1.98. The molecule has 3 aromatic rings. The number of H-pyrrole nitrogens is 1. The Bertz CT molecular complexity index is 731. The van der Waals surface area contributed by atoms with E-state index in [-0.39, 0.29) is 5.56 Å². The molecule has 6 heteroatoms. The lowest BCUT2D eigenvalue weighted by atomic mass is 10.1. The summed E-state index contributed by atoms with van der Waals surface area (Å²) in [6.45, 7) is 1.80. The second-order valence-corrected chi connectivity index (χ2v) is 4.80. The number of hydrogen-bond acceptors (Lipinski definition) is 4. The Morgan fingerprint density at radius 1 is 1.44 bits per heavy atom. The van der Waals surface area contributed by atoms with Crippen LogP contribution in [0, 0.1) is 6.92 Å². The maximum atomic E-state index is 11.3. The fraction of sp³-hybridized carbons (Fsp3) is 0.0833. The van der Waals surface area contributed by atoms with Crippen LogP contribution >= 0.6 is 11.3 Å². The van der Waals surface area contributed by atoms with Crippen molar-refractivity contribution < 1.29 is 9.90 Å². The Labute approximate surface area is 106 Å². The van der Waals surface area contributed by atoms with Crippen molar-refractivity contribution in [2.24, 2.45) is 0 Å². The normalized spacial score (nSPS) is 10.9. The molecule has 0 saturated carbocycles. The minimum Gasteiger partial charge on any atom is -0.478 e. The van der Waals surface area contributed by atoms with Crippen LogP contribution in [0.2, 0.25) is 0 Å². The van der Waals surface area contributed by atoms with Gasteiger partial charge in [-0.15, -0.1) is 11.3 Å². The summed E-state index contributed by atoms with van der Waals surface area (Å²) in [6.07, 6.45) is 1.72. The van der Waals surface area contributed by atoms with E-state index in [9.17, 15) is 9.90 Å². The van der Waals surface area contributed by atoms with Crippen LogP contribution in [0.25, 0.3) is 21.5 Å². The van der Waals surface area contributed by atoms with Crippen molar-refractivity contribution in [2.75, 3.05) is 0 Å². The first-order valence-electron chi connectivity index (χ1n) is 5.27. The lowest BCUT2D eigenvalue weighted by Gasteiger charge is -2.01. The fourth-order valence-corrected chi connectivity index (χ4v) is 2.52. The van der Waals surface area contributed by atoms with Crippen molar-refractivity contribution in [3.8, 4) is 10.4 Å². The summed E-state index contributed by atoms with van der Waals surface area (Å²) in [5, 5.41) is 9.25. The summed E-state index contributed by atoms with van der Waals surface area (Å²) in [5.41, 5.74) is 3.99. The predicted octanol–water partition coefficient (Wildman–Crippen LogP) is 2.69. The van der Waals surface area contributed by atoms with Crippen LogP contribution < -0.4 is 0 Å². The van der Waals surface area contributed by atoms with E-state index in [1.807, 2.05) is 6.07 Å². The lowest BCUT2D eigenvalue weighted by molar-refractivity contribution is 0.0699. The Balaban J connectivity index is 2.33. The minimum absolute atomic E-state index is 0.209. The highest BCUT2D eigenvalue weighted by Crippen LogP contribution is 2.28. The number of carboxylic acid groups (broad SMARTS) is 1. The summed E-state index contributed by atoms with van der Waals surface area (Å²) in [6, 6.07) is 3.54. The Hall–Kier alpha value is -2.21. The van der Waals surface area contributed by atoms with Gasteiger partial charge in [-0.3, -0.25) is 4.98 Å². The molecule has 0 saturated heterocycles. The molecule has 18 heavy (non-hydrogen) atoms. The Kier molecular flexibility index (Phi) is 2.38. The van der Waals surface area contributed by atoms with Crippen molar-refractivity contribution >= 4 is 28.3 Å². The maximum Gasteiger partial charge on any atom is 0.337 e. The third kappa shape index (κ3) is 1.67. The number of thiazole rings is 1. The number of nitrogens with zero attached hydrogens (tertiary/aromatic N) is 2. The molecule has 0 aliphatic heterocycles. The summed E-state index contributed by atoms with van der Waals surface area (Å²) in [7, 11) is 0. The molecule has 0 aliphatic carbocycles. The zero-order valence-electron chi connectivity index (χ0n) is 9.47. The molecular weight excluding hydrogens is 250 g/mol. The SMILES string of the molecule is Cc1nc2c(C(=O)O)cc(-c3cncs3)cc2[nH]1. The standard InChI is InChI=1S/C12H9N3O2S/c1-6-14-9-3-7(10-4-13-5-18-10)2-8(12(16)17)11(9)15-6/h2-5H,1H3,(H,14,15)(H,16,17). The van der Waals surface area contributed by atoms with Crippen molar-refractivity contribution in [2.45, 2.75) is 6.92 Å². The van der Waals surface area contributed by atoms with Gasteiger partial charge < -0.3 is 10.1 Å². The molecule has 2 aromatic heterocycles. The number of carbonyl (C=O) groups is 1. The first-order chi connectivity index (χ1) is 8.65. The molecule has 5 nitrogen and oxygen atoms in total. The second-order valence-electron chi connectivity index (χ2n) is 3.91. The van der Waals surface area contributed by atoms with Gasteiger partial charge in [0, 0.05) is 6.20 Å². The van der Waals surface area contributed by atoms with Crippen molar-refractivity contribution in [1.29, 1.82) is 0 Å². The first kappa shape index (κ1) is 10.9. The highest BCUT2D eigenvalue weighted by Gasteiger charge is 2.15. The highest BCUT2D eigenvalue weighted by atomic mass is 32.1. The monoisotopic (exact) mass is 259 g/mol. The number of aromatic carboxylic acids is 1. The number of aromatic nitrogens is 3. The van der Waals surface area contributed by atoms with Gasteiger partial charge in [0.25, 0.3) is 0 Å². The third-order valence-electron chi connectivity index (χ3n) is 2.65. The minimum atomic E-state index is -0.974. The van der Waals surface area contributed by atoms with E-state index in [0.29, 0.717) is 11.3 Å². The number of imidazole rings is 1. The molecule has 3 rings (SSSR count). The smallest absolute Gasteiger partial charge is 0.337 e. The van der Waals surface area contributed by atoms with Crippen LogP contribution in [0.3, 0.4) is 0 Å². The summed E-state index contributed by atoms with van der Waals surface area (Å²) < 4.78 is 0. The van der Waals surface area contributed by atoms with Crippen LogP contribution in [0.4, 0.5) is 0 Å². The molecule has 0 atom stereocenters. The average molecular weight is 259 g/mol. The number of aryl methyl sites for hydroxylation is 1. The molecule has 0 amide bonds. The van der Waals surface area contributed by atoms with Gasteiger partial charge >= 0.3 is 5.97 Å². The number of aromatic amines is 1. The van der Waals surface area contributed by atoms with E-state index in [4.69, 9.17) is 0 Å². The molecule has 2 heterocycles. The number of nitrogens with one attached hydrogen (secondary N) is 1. The Morgan fingerprint density at radius 2 is 2.28 bits per heavy atom. The van der Waals surface area contributed by atoms with E-state index < -0.39 is 5.97 Å². The maximum absolute atomic E-state index is 11.3. The van der Waals surface area contributed by atoms with Gasteiger partial charge in [-0.2, -0.15) is 0 Å². The van der Waals surface area contributed by atoms with Gasteiger partial charge in [0.1, 0.15) is 11.3 Å². The van der Waals surface area contributed by atoms with E-state index in [1.165, 1.54) is 11.3 Å². The molecule has 0 fully saturated rings. The number of hydrogen-bond donors (Lipinski definition) is 2. The van der Waals surface area contributed by atoms with Crippen molar-refractivity contribution in [3.63, 3.8) is 0 Å². The molecule has 90 valence electrons. The van der Waals surface area contributed by atoms with Crippen molar-refractivity contribution in [1.82, 2.24) is 15.0 Å². The van der Waals surface area contributed by atoms with Crippen LogP contribution in [0.1, 0.15) is 16.2 Å². The van der Waals surface area contributed by atoms with Gasteiger partial charge in [0.2, 0.25) is 0 Å². The molecule has 0 spiro atoms. The predicted molar refractivity (Wildman–Crippen MR) is 68.9 cm³/mol. The zero-order chi connectivity index (χ0) is 12.7. The van der Waals surface area contributed by atoms with E-state index >= 15 is 0 Å². The summed E-state index contributed by atoms with van der Waals surface area (Å²) in [4.78, 5) is 23.5. The molecule has 0 radical (unpaired) electrons. The molecule has 0 bridgehead atoms. The van der Waals surface area contributed by atoms with Crippen LogP contribution in [0.5, 0.6) is 0 Å². The summed E-state index contributed by atoms with van der Waals surface area (Å²) >= 11 is 1.47. The van der Waals surface area contributed by atoms with Crippen LogP contribution in [0.15, 0.2) is 23.8 Å². The van der Waals surface area contributed by atoms with E-state index in [1.54, 1.807) is 24.7 Å². The van der Waals surface area contributed by atoms with E-state index in [2.05, 4.69) is 15.0 Å². The number of fused-ring (bicyclic) bond motifs is 1. The topological polar surface area (TPSA) is 78.9 Å². The van der Waals surface area contributed by atoms with Gasteiger partial charge in [-0.05, 0) is 24.6 Å². The largest absolute Gasteiger partial charge is 0.478 e. The molecule has 0 unspecified atom stereocenters. The van der Waals surface area contributed by atoms with Gasteiger partial charge in [-0.25, -0.2) is 9.78 Å². The van der Waals surface area contributed by atoms with Crippen molar-refractivity contribution in [3.05, 3.63) is 35.2 Å². The first-order valence-corrected chi connectivity index (χ1v) is 6.15. The fourth-order valence-electron chi connectivity index (χ4n) is 1.90. The van der Waals surface area contributed by atoms with Gasteiger partial charge in [0.15, 0.2) is 0 Å². The molecular formula is C12H9N3O2S. The molecule has 1 aromatic carbocycles. The van der Waals surface area contributed by atoms with Crippen LogP contribution in [-0.2, 0) is 0 Å².